The third kappa shape index (κ3) is 7.59. The number of rotatable bonds is 10. The summed E-state index contributed by atoms with van der Waals surface area (Å²) < 4.78 is 29.3. The smallest absolute Gasteiger partial charge is 0.264 e. The fraction of sp³-hybridized carbons (Fsp3) is 0.412. The lowest BCUT2D eigenvalue weighted by Crippen LogP contribution is -2.53. The Morgan fingerprint density at radius 1 is 0.857 bits per heavy atom. The largest absolute Gasteiger partial charge is 0.352 e. The van der Waals surface area contributed by atoms with Crippen LogP contribution in [0.4, 0.5) is 5.69 Å². The van der Waals surface area contributed by atoms with Crippen LogP contribution in [0.1, 0.15) is 66.8 Å². The van der Waals surface area contributed by atoms with Crippen molar-refractivity contribution in [3.05, 3.63) is 94.5 Å². The van der Waals surface area contributed by atoms with Crippen LogP contribution in [0, 0.1) is 27.7 Å². The first-order chi connectivity index (χ1) is 20.0. The van der Waals surface area contributed by atoms with Crippen molar-refractivity contribution in [2.75, 3.05) is 10.8 Å². The van der Waals surface area contributed by atoms with Crippen molar-refractivity contribution in [3.8, 4) is 0 Å². The number of hydrogen-bond acceptors (Lipinski definition) is 4. The van der Waals surface area contributed by atoms with E-state index in [-0.39, 0.29) is 23.4 Å². The highest BCUT2D eigenvalue weighted by Gasteiger charge is 2.33. The van der Waals surface area contributed by atoms with Gasteiger partial charge in [0, 0.05) is 12.6 Å². The first-order valence-electron chi connectivity index (χ1n) is 14.8. The number of nitrogens with one attached hydrogen (secondary N) is 1. The summed E-state index contributed by atoms with van der Waals surface area (Å²) in [5.41, 5.74) is 5.19. The molecule has 1 saturated carbocycles. The maximum atomic E-state index is 14.2. The van der Waals surface area contributed by atoms with Crippen molar-refractivity contribution in [1.29, 1.82) is 0 Å². The molecule has 8 heteroatoms. The van der Waals surface area contributed by atoms with Crippen molar-refractivity contribution >= 4 is 27.5 Å². The van der Waals surface area contributed by atoms with Gasteiger partial charge in [-0.1, -0.05) is 72.9 Å². The van der Waals surface area contributed by atoms with E-state index in [9.17, 15) is 18.0 Å². The zero-order chi connectivity index (χ0) is 30.4. The minimum atomic E-state index is -4.09. The van der Waals surface area contributed by atoms with Crippen molar-refractivity contribution in [3.63, 3.8) is 0 Å². The van der Waals surface area contributed by atoms with Crippen molar-refractivity contribution in [2.24, 2.45) is 0 Å². The van der Waals surface area contributed by atoms with Gasteiger partial charge in [-0.25, -0.2) is 8.42 Å². The number of aryl methyl sites for hydroxylation is 4. The van der Waals surface area contributed by atoms with Gasteiger partial charge >= 0.3 is 0 Å². The maximum Gasteiger partial charge on any atom is 0.264 e. The molecule has 224 valence electrons. The SMILES string of the molecule is Cc1ccc(S(=O)(=O)N(CC(=O)N(Cc2cccc(C)c2)[C@@H](C)C(=O)NC2CCCCC2)c2ccc(C)c(C)c2)cc1. The first-order valence-corrected chi connectivity index (χ1v) is 16.2. The summed E-state index contributed by atoms with van der Waals surface area (Å²) in [4.78, 5) is 29.3. The molecular weight excluding hydrogens is 546 g/mol. The second-order valence-corrected chi connectivity index (χ2v) is 13.5. The van der Waals surface area contributed by atoms with E-state index >= 15 is 0 Å². The van der Waals surface area contributed by atoms with Gasteiger partial charge < -0.3 is 10.2 Å². The summed E-state index contributed by atoms with van der Waals surface area (Å²) >= 11 is 0. The molecule has 4 rings (SSSR count). The average Bonchev–Trinajstić information content (AvgIpc) is 2.96. The number of amides is 2. The average molecular weight is 590 g/mol. The molecule has 1 aliphatic carbocycles. The van der Waals surface area contributed by atoms with Crippen LogP contribution in [0.2, 0.25) is 0 Å². The predicted molar refractivity (Wildman–Crippen MR) is 168 cm³/mol. The normalized spacial score (nSPS) is 14.7. The first kappa shape index (κ1) is 31.3. The molecule has 0 bridgehead atoms. The molecule has 7 nitrogen and oxygen atoms in total. The Kier molecular flexibility index (Phi) is 10.1. The van der Waals surface area contributed by atoms with Crippen LogP contribution >= 0.6 is 0 Å². The van der Waals surface area contributed by atoms with Gasteiger partial charge in [-0.3, -0.25) is 13.9 Å². The highest BCUT2D eigenvalue weighted by Crippen LogP contribution is 2.27. The Morgan fingerprint density at radius 3 is 2.19 bits per heavy atom. The second kappa shape index (κ2) is 13.6. The molecule has 1 fully saturated rings. The minimum Gasteiger partial charge on any atom is -0.352 e. The molecule has 0 aromatic heterocycles. The Morgan fingerprint density at radius 2 is 1.55 bits per heavy atom. The van der Waals surface area contributed by atoms with Crippen molar-refractivity contribution in [2.45, 2.75) is 90.2 Å². The lowest BCUT2D eigenvalue weighted by molar-refractivity contribution is -0.139. The fourth-order valence-electron chi connectivity index (χ4n) is 5.41. The lowest BCUT2D eigenvalue weighted by atomic mass is 9.95. The van der Waals surface area contributed by atoms with Gasteiger partial charge in [0.2, 0.25) is 11.8 Å². The van der Waals surface area contributed by atoms with Crippen LogP contribution in [0.3, 0.4) is 0 Å². The number of hydrogen-bond donors (Lipinski definition) is 1. The molecule has 0 radical (unpaired) electrons. The van der Waals surface area contributed by atoms with Gasteiger partial charge in [-0.2, -0.15) is 0 Å². The van der Waals surface area contributed by atoms with Gasteiger partial charge in [0.15, 0.2) is 0 Å². The number of anilines is 1. The number of benzene rings is 3. The number of sulfonamides is 1. The molecule has 42 heavy (non-hydrogen) atoms. The van der Waals surface area contributed by atoms with Crippen molar-refractivity contribution < 1.29 is 18.0 Å². The molecular formula is C34H43N3O4S. The third-order valence-electron chi connectivity index (χ3n) is 8.22. The van der Waals surface area contributed by atoms with Crippen LogP contribution in [-0.4, -0.2) is 43.8 Å². The maximum absolute atomic E-state index is 14.2. The summed E-state index contributed by atoms with van der Waals surface area (Å²) in [5, 5.41) is 3.15. The number of nitrogens with zero attached hydrogens (tertiary/aromatic N) is 2. The predicted octanol–water partition coefficient (Wildman–Crippen LogP) is 5.98. The van der Waals surface area contributed by atoms with E-state index in [1.165, 1.54) is 15.6 Å². The molecule has 0 aliphatic heterocycles. The minimum absolute atomic E-state index is 0.0959. The Labute approximate surface area is 251 Å². The topological polar surface area (TPSA) is 86.8 Å². The van der Waals surface area contributed by atoms with E-state index in [1.807, 2.05) is 58.0 Å². The zero-order valence-electron chi connectivity index (χ0n) is 25.4. The van der Waals surface area contributed by atoms with Gasteiger partial charge in [-0.15, -0.1) is 0 Å². The Balaban J connectivity index is 1.69. The van der Waals surface area contributed by atoms with E-state index in [0.717, 1.165) is 53.5 Å². The second-order valence-electron chi connectivity index (χ2n) is 11.6. The summed E-state index contributed by atoms with van der Waals surface area (Å²) in [6, 6.07) is 19.1. The Bertz CT molecular complexity index is 1510. The molecule has 1 aliphatic rings. The van der Waals surface area contributed by atoms with Gasteiger partial charge in [0.05, 0.1) is 10.6 Å². The van der Waals surface area contributed by atoms with E-state index in [0.29, 0.717) is 5.69 Å². The van der Waals surface area contributed by atoms with Gasteiger partial charge in [0.1, 0.15) is 12.6 Å². The molecule has 0 heterocycles. The van der Waals surface area contributed by atoms with Crippen LogP contribution < -0.4 is 9.62 Å². The summed E-state index contributed by atoms with van der Waals surface area (Å²) in [7, 11) is -4.09. The highest BCUT2D eigenvalue weighted by molar-refractivity contribution is 7.92. The summed E-state index contributed by atoms with van der Waals surface area (Å²) in [5.74, 6) is -0.668. The molecule has 0 saturated heterocycles. The van der Waals surface area contributed by atoms with Gasteiger partial charge in [-0.05, 0) is 88.4 Å². The van der Waals surface area contributed by atoms with E-state index in [2.05, 4.69) is 5.32 Å². The van der Waals surface area contributed by atoms with Crippen LogP contribution in [0.15, 0.2) is 71.6 Å². The molecule has 1 N–H and O–H groups in total. The van der Waals surface area contributed by atoms with Gasteiger partial charge in [0.25, 0.3) is 10.0 Å². The monoisotopic (exact) mass is 589 g/mol. The molecule has 3 aromatic rings. The highest BCUT2D eigenvalue weighted by atomic mass is 32.2. The summed E-state index contributed by atoms with van der Waals surface area (Å²) in [6.45, 7) is 9.21. The van der Waals surface area contributed by atoms with E-state index < -0.39 is 28.5 Å². The standard InChI is InChI=1S/C34H43N3O4S/c1-24-14-18-32(19-15-24)42(40,41)37(31-17-16-26(3)27(4)21-31)23-33(38)36(22-29-11-9-10-25(2)20-29)28(5)34(39)35-30-12-7-6-8-13-30/h9-11,14-21,28,30H,6-8,12-13,22-23H2,1-5H3,(H,35,39)/t28-/m0/s1. The van der Waals surface area contributed by atoms with E-state index in [4.69, 9.17) is 0 Å². The molecule has 0 unspecified atom stereocenters. The summed E-state index contributed by atoms with van der Waals surface area (Å²) in [6.07, 6.45) is 5.18. The van der Waals surface area contributed by atoms with E-state index in [1.54, 1.807) is 43.3 Å². The molecule has 2 amide bonds. The zero-order valence-corrected chi connectivity index (χ0v) is 26.2. The quantitative estimate of drug-likeness (QED) is 0.315. The third-order valence-corrected chi connectivity index (χ3v) is 10.0. The number of carbonyl (C=O) groups excluding carboxylic acids is 2. The van der Waals surface area contributed by atoms with Crippen LogP contribution in [0.5, 0.6) is 0 Å². The van der Waals surface area contributed by atoms with Crippen LogP contribution in [0.25, 0.3) is 0 Å². The Hall–Kier alpha value is -3.65. The lowest BCUT2D eigenvalue weighted by Gasteiger charge is -2.33. The molecule has 1 atom stereocenters. The van der Waals surface area contributed by atoms with Crippen LogP contribution in [-0.2, 0) is 26.2 Å². The number of carbonyl (C=O) groups is 2. The fourth-order valence-corrected chi connectivity index (χ4v) is 6.81. The molecule has 3 aromatic carbocycles. The van der Waals surface area contributed by atoms with Crippen molar-refractivity contribution in [1.82, 2.24) is 10.2 Å². The molecule has 0 spiro atoms.